The van der Waals surface area contributed by atoms with Gasteiger partial charge in [0.25, 0.3) is 5.91 Å². The van der Waals surface area contributed by atoms with Gasteiger partial charge < -0.3 is 15.7 Å². The Hall–Kier alpha value is -1.56. The van der Waals surface area contributed by atoms with Crippen molar-refractivity contribution in [3.8, 4) is 0 Å². The molecule has 6 heteroatoms. The number of anilines is 1. The molecule has 1 aromatic rings. The number of nitrogens with zero attached hydrogens (tertiary/aromatic N) is 2. The van der Waals surface area contributed by atoms with Gasteiger partial charge in [-0.25, -0.2) is 0 Å². The van der Waals surface area contributed by atoms with Gasteiger partial charge in [-0.1, -0.05) is 13.8 Å². The lowest BCUT2D eigenvalue weighted by Crippen LogP contribution is -2.41. The van der Waals surface area contributed by atoms with Crippen LogP contribution in [0.5, 0.6) is 0 Å². The molecular weight excluding hydrogens is 244 g/mol. The van der Waals surface area contributed by atoms with Crippen LogP contribution in [0.3, 0.4) is 0 Å². The summed E-state index contributed by atoms with van der Waals surface area (Å²) in [6.07, 6.45) is 1.88. The van der Waals surface area contributed by atoms with Crippen LogP contribution in [0.4, 0.5) is 5.69 Å². The highest BCUT2D eigenvalue weighted by atomic mass is 16.3. The van der Waals surface area contributed by atoms with Crippen LogP contribution >= 0.6 is 0 Å². The summed E-state index contributed by atoms with van der Waals surface area (Å²) in [4.78, 5) is 14.1. The van der Waals surface area contributed by atoms with Crippen molar-refractivity contribution in [2.75, 3.05) is 25.4 Å². The Morgan fingerprint density at radius 1 is 1.63 bits per heavy atom. The Labute approximate surface area is 113 Å². The van der Waals surface area contributed by atoms with Gasteiger partial charge in [-0.15, -0.1) is 0 Å². The molecule has 106 valence electrons. The van der Waals surface area contributed by atoms with Crippen LogP contribution in [0, 0.1) is 5.92 Å². The summed E-state index contributed by atoms with van der Waals surface area (Å²) >= 11 is 0. The van der Waals surface area contributed by atoms with E-state index < -0.39 is 0 Å². The molecule has 0 radical (unpaired) electrons. The molecule has 19 heavy (non-hydrogen) atoms. The van der Waals surface area contributed by atoms with Crippen LogP contribution < -0.4 is 5.73 Å². The molecule has 1 saturated heterocycles. The number of aromatic nitrogens is 2. The normalized spacial score (nSPS) is 20.0. The number of nitrogen functional groups attached to an aromatic ring is 1. The van der Waals surface area contributed by atoms with Gasteiger partial charge in [0.2, 0.25) is 0 Å². The summed E-state index contributed by atoms with van der Waals surface area (Å²) in [6, 6.07) is 0. The maximum Gasteiger partial charge on any atom is 0.276 e. The fourth-order valence-electron chi connectivity index (χ4n) is 2.52. The van der Waals surface area contributed by atoms with Crippen molar-refractivity contribution in [3.05, 3.63) is 11.4 Å². The molecule has 2 rings (SSSR count). The Balaban J connectivity index is 2.15. The van der Waals surface area contributed by atoms with Gasteiger partial charge in [-0.3, -0.25) is 9.89 Å². The van der Waals surface area contributed by atoms with E-state index in [1.807, 2.05) is 13.8 Å². The molecule has 1 aliphatic heterocycles. The first-order chi connectivity index (χ1) is 9.04. The van der Waals surface area contributed by atoms with Crippen LogP contribution in [0.15, 0.2) is 0 Å². The van der Waals surface area contributed by atoms with E-state index in [9.17, 15) is 9.90 Å². The summed E-state index contributed by atoms with van der Waals surface area (Å²) in [5.41, 5.74) is 7.55. The van der Waals surface area contributed by atoms with E-state index in [1.165, 1.54) is 0 Å². The van der Waals surface area contributed by atoms with Gasteiger partial charge in [0.15, 0.2) is 5.69 Å². The Morgan fingerprint density at radius 2 is 2.37 bits per heavy atom. The fourth-order valence-corrected chi connectivity index (χ4v) is 2.52. The number of H-pyrrole nitrogens is 1. The Bertz CT molecular complexity index is 455. The molecule has 0 aromatic carbocycles. The van der Waals surface area contributed by atoms with Crippen molar-refractivity contribution >= 4 is 11.6 Å². The van der Waals surface area contributed by atoms with Gasteiger partial charge in [0.1, 0.15) is 0 Å². The lowest BCUT2D eigenvalue weighted by molar-refractivity contribution is 0.0616. The number of likely N-dealkylation sites (tertiary alicyclic amines) is 1. The van der Waals surface area contributed by atoms with Crippen molar-refractivity contribution in [3.63, 3.8) is 0 Å². The molecular formula is C13H22N4O2. The third-order valence-electron chi connectivity index (χ3n) is 3.68. The first-order valence-electron chi connectivity index (χ1n) is 6.78. The largest absolute Gasteiger partial charge is 0.396 e. The van der Waals surface area contributed by atoms with Crippen molar-refractivity contribution in [1.82, 2.24) is 15.1 Å². The monoisotopic (exact) mass is 266 g/mol. The number of aliphatic hydroxyl groups is 1. The zero-order valence-electron chi connectivity index (χ0n) is 11.5. The Morgan fingerprint density at radius 3 is 2.95 bits per heavy atom. The molecule has 1 amide bonds. The maximum atomic E-state index is 12.4. The van der Waals surface area contributed by atoms with Gasteiger partial charge >= 0.3 is 0 Å². The molecule has 0 aliphatic carbocycles. The van der Waals surface area contributed by atoms with Crippen LogP contribution in [0.1, 0.15) is 48.8 Å². The van der Waals surface area contributed by atoms with E-state index in [1.54, 1.807) is 4.90 Å². The number of hydrogen-bond acceptors (Lipinski definition) is 4. The summed E-state index contributed by atoms with van der Waals surface area (Å²) in [5, 5.41) is 16.1. The number of nitrogens with one attached hydrogen (secondary N) is 1. The fraction of sp³-hybridized carbons (Fsp3) is 0.692. The first-order valence-corrected chi connectivity index (χ1v) is 6.78. The number of amides is 1. The molecule has 1 atom stereocenters. The molecule has 4 N–H and O–H groups in total. The van der Waals surface area contributed by atoms with Crippen LogP contribution in [0.25, 0.3) is 0 Å². The molecule has 0 spiro atoms. The molecule has 1 aliphatic rings. The molecule has 0 saturated carbocycles. The molecule has 1 unspecified atom stereocenters. The second-order valence-corrected chi connectivity index (χ2v) is 5.50. The topological polar surface area (TPSA) is 95.2 Å². The lowest BCUT2D eigenvalue weighted by atomic mass is 9.98. The number of carbonyl (C=O) groups excluding carboxylic acids is 1. The van der Waals surface area contributed by atoms with Crippen LogP contribution in [0.2, 0.25) is 0 Å². The van der Waals surface area contributed by atoms with Gasteiger partial charge in [0, 0.05) is 19.7 Å². The van der Waals surface area contributed by atoms with Crippen LogP contribution in [-0.4, -0.2) is 45.8 Å². The van der Waals surface area contributed by atoms with Gasteiger partial charge in [-0.05, 0) is 24.7 Å². The summed E-state index contributed by atoms with van der Waals surface area (Å²) in [7, 11) is 0. The standard InChI is InChI=1S/C13H22N4O2/c1-8(2)11-10(14)12(16-15-11)13(19)17-5-3-4-9(6-17)7-18/h8-9,18H,3-7,14H2,1-2H3,(H,15,16). The highest BCUT2D eigenvalue weighted by Crippen LogP contribution is 2.25. The lowest BCUT2D eigenvalue weighted by Gasteiger charge is -2.31. The van der Waals surface area contributed by atoms with E-state index >= 15 is 0 Å². The minimum absolute atomic E-state index is 0.122. The van der Waals surface area contributed by atoms with E-state index in [4.69, 9.17) is 5.73 Å². The minimum Gasteiger partial charge on any atom is -0.396 e. The van der Waals surface area contributed by atoms with Crippen molar-refractivity contribution in [2.45, 2.75) is 32.6 Å². The first kappa shape index (κ1) is 13.9. The van der Waals surface area contributed by atoms with E-state index in [-0.39, 0.29) is 24.3 Å². The van der Waals surface area contributed by atoms with Crippen molar-refractivity contribution < 1.29 is 9.90 Å². The third-order valence-corrected chi connectivity index (χ3v) is 3.68. The minimum atomic E-state index is -0.140. The third kappa shape index (κ3) is 2.73. The molecule has 1 fully saturated rings. The summed E-state index contributed by atoms with van der Waals surface area (Å²) < 4.78 is 0. The van der Waals surface area contributed by atoms with Crippen molar-refractivity contribution in [2.24, 2.45) is 5.92 Å². The smallest absolute Gasteiger partial charge is 0.276 e. The zero-order valence-corrected chi connectivity index (χ0v) is 11.5. The number of aromatic amines is 1. The zero-order chi connectivity index (χ0) is 14.0. The Kier molecular flexibility index (Phi) is 4.09. The molecule has 6 nitrogen and oxygen atoms in total. The highest BCUT2D eigenvalue weighted by molar-refractivity contribution is 5.97. The predicted molar refractivity (Wildman–Crippen MR) is 72.8 cm³/mol. The number of nitrogens with two attached hydrogens (primary N) is 1. The second-order valence-electron chi connectivity index (χ2n) is 5.50. The number of piperidine rings is 1. The van der Waals surface area contributed by atoms with Gasteiger partial charge in [-0.2, -0.15) is 5.10 Å². The summed E-state index contributed by atoms with van der Waals surface area (Å²) in [5.74, 6) is 0.238. The number of rotatable bonds is 3. The number of carbonyl (C=O) groups is 1. The second kappa shape index (κ2) is 5.61. The quantitative estimate of drug-likeness (QED) is 0.759. The molecule has 2 heterocycles. The van der Waals surface area contributed by atoms with Crippen molar-refractivity contribution in [1.29, 1.82) is 0 Å². The van der Waals surface area contributed by atoms with E-state index in [2.05, 4.69) is 10.2 Å². The molecule has 0 bridgehead atoms. The van der Waals surface area contributed by atoms with Gasteiger partial charge in [0.05, 0.1) is 11.4 Å². The maximum absolute atomic E-state index is 12.4. The summed E-state index contributed by atoms with van der Waals surface area (Å²) in [6.45, 7) is 5.41. The average molecular weight is 266 g/mol. The van der Waals surface area contributed by atoms with E-state index in [0.29, 0.717) is 24.5 Å². The SMILES string of the molecule is CC(C)c1[nH]nc(C(=O)N2CCCC(CO)C2)c1N. The average Bonchev–Trinajstić information content (AvgIpc) is 2.80. The van der Waals surface area contributed by atoms with Crippen LogP contribution in [-0.2, 0) is 0 Å². The highest BCUT2D eigenvalue weighted by Gasteiger charge is 2.28. The van der Waals surface area contributed by atoms with E-state index in [0.717, 1.165) is 18.5 Å². The number of aliphatic hydroxyl groups excluding tert-OH is 1. The predicted octanol–water partition coefficient (Wildman–Crippen LogP) is 0.960. The number of hydrogen-bond donors (Lipinski definition) is 3. The molecule has 1 aromatic heterocycles.